The highest BCUT2D eigenvalue weighted by Gasteiger charge is 2.10. The summed E-state index contributed by atoms with van der Waals surface area (Å²) in [6.07, 6.45) is 0. The van der Waals surface area contributed by atoms with E-state index in [0.717, 1.165) is 22.7 Å². The molecule has 0 saturated heterocycles. The molecule has 1 amide bonds. The Kier molecular flexibility index (Phi) is 5.32. The third-order valence-electron chi connectivity index (χ3n) is 3.80. The van der Waals surface area contributed by atoms with Crippen LogP contribution in [0.3, 0.4) is 0 Å². The van der Waals surface area contributed by atoms with Gasteiger partial charge in [0.05, 0.1) is 5.56 Å². The molecule has 0 radical (unpaired) electrons. The Morgan fingerprint density at radius 2 is 1.56 bits per heavy atom. The number of nitrogens with one attached hydrogen (secondary N) is 2. The van der Waals surface area contributed by atoms with Crippen molar-refractivity contribution in [2.24, 2.45) is 0 Å². The summed E-state index contributed by atoms with van der Waals surface area (Å²) >= 11 is 0. The van der Waals surface area contributed by atoms with Crippen molar-refractivity contribution in [1.82, 2.24) is 0 Å². The summed E-state index contributed by atoms with van der Waals surface area (Å²) in [6.45, 7) is 0.516. The smallest absolute Gasteiger partial charge is 0.257 e. The predicted molar refractivity (Wildman–Crippen MR) is 101 cm³/mol. The largest absolute Gasteiger partial charge is 0.489 e. The van der Waals surface area contributed by atoms with Crippen LogP contribution in [-0.2, 0) is 6.61 Å². The lowest BCUT2D eigenvalue weighted by molar-refractivity contribution is 0.102. The maximum absolute atomic E-state index is 12.4. The van der Waals surface area contributed by atoms with Crippen molar-refractivity contribution in [3.63, 3.8) is 0 Å². The van der Waals surface area contributed by atoms with E-state index in [-0.39, 0.29) is 5.91 Å². The zero-order valence-corrected chi connectivity index (χ0v) is 14.0. The van der Waals surface area contributed by atoms with Gasteiger partial charge in [0.2, 0.25) is 0 Å². The number of ether oxygens (including phenoxy) is 1. The third kappa shape index (κ3) is 4.38. The SMILES string of the molecule is CNc1ccccc1C(=O)Nc1ccc(OCc2ccccc2)cc1. The van der Waals surface area contributed by atoms with Crippen molar-refractivity contribution in [3.8, 4) is 5.75 Å². The summed E-state index contributed by atoms with van der Waals surface area (Å²) < 4.78 is 5.75. The van der Waals surface area contributed by atoms with Gasteiger partial charge in [-0.3, -0.25) is 4.79 Å². The van der Waals surface area contributed by atoms with E-state index >= 15 is 0 Å². The Hall–Kier alpha value is -3.27. The van der Waals surface area contributed by atoms with Crippen LogP contribution >= 0.6 is 0 Å². The molecule has 2 N–H and O–H groups in total. The molecule has 0 fully saturated rings. The monoisotopic (exact) mass is 332 g/mol. The van der Waals surface area contributed by atoms with E-state index < -0.39 is 0 Å². The van der Waals surface area contributed by atoms with Gasteiger partial charge in [-0.05, 0) is 42.0 Å². The number of anilines is 2. The summed E-state index contributed by atoms with van der Waals surface area (Å²) in [4.78, 5) is 12.4. The molecule has 0 atom stereocenters. The molecule has 0 unspecified atom stereocenters. The average Bonchev–Trinajstić information content (AvgIpc) is 2.68. The van der Waals surface area contributed by atoms with E-state index in [1.54, 1.807) is 13.1 Å². The standard InChI is InChI=1S/C21H20N2O2/c1-22-20-10-6-5-9-19(20)21(24)23-17-11-13-18(14-12-17)25-15-16-7-3-2-4-8-16/h2-14,22H,15H2,1H3,(H,23,24). The normalized spacial score (nSPS) is 10.1. The molecule has 0 aliphatic rings. The first-order valence-corrected chi connectivity index (χ1v) is 8.11. The molecular formula is C21H20N2O2. The topological polar surface area (TPSA) is 50.4 Å². The summed E-state index contributed by atoms with van der Waals surface area (Å²) in [5.74, 6) is 0.611. The minimum atomic E-state index is -0.150. The number of carbonyl (C=O) groups excluding carboxylic acids is 1. The van der Waals surface area contributed by atoms with Crippen molar-refractivity contribution >= 4 is 17.3 Å². The van der Waals surface area contributed by atoms with E-state index in [1.807, 2.05) is 72.8 Å². The van der Waals surface area contributed by atoms with Gasteiger partial charge in [0.1, 0.15) is 12.4 Å². The van der Waals surface area contributed by atoms with Gasteiger partial charge < -0.3 is 15.4 Å². The fourth-order valence-electron chi connectivity index (χ4n) is 2.47. The minimum absolute atomic E-state index is 0.150. The van der Waals surface area contributed by atoms with E-state index in [0.29, 0.717) is 12.2 Å². The molecule has 3 aromatic carbocycles. The minimum Gasteiger partial charge on any atom is -0.489 e. The van der Waals surface area contributed by atoms with Crippen LogP contribution in [-0.4, -0.2) is 13.0 Å². The van der Waals surface area contributed by atoms with Crippen LogP contribution in [0.2, 0.25) is 0 Å². The van der Waals surface area contributed by atoms with Crippen LogP contribution in [0.4, 0.5) is 11.4 Å². The molecule has 4 heteroatoms. The second kappa shape index (κ2) is 8.02. The number of rotatable bonds is 6. The van der Waals surface area contributed by atoms with E-state index in [4.69, 9.17) is 4.74 Å². The molecule has 0 aromatic heterocycles. The quantitative estimate of drug-likeness (QED) is 0.696. The summed E-state index contributed by atoms with van der Waals surface area (Å²) in [5.41, 5.74) is 3.24. The lowest BCUT2D eigenvalue weighted by atomic mass is 10.1. The highest BCUT2D eigenvalue weighted by Crippen LogP contribution is 2.20. The second-order valence-corrected chi connectivity index (χ2v) is 5.55. The number of amides is 1. The first-order valence-electron chi connectivity index (χ1n) is 8.11. The van der Waals surface area contributed by atoms with E-state index in [9.17, 15) is 4.79 Å². The molecule has 0 bridgehead atoms. The molecule has 0 aliphatic heterocycles. The number of benzene rings is 3. The van der Waals surface area contributed by atoms with Crippen LogP contribution in [0.1, 0.15) is 15.9 Å². The van der Waals surface area contributed by atoms with Crippen molar-refractivity contribution in [1.29, 1.82) is 0 Å². The molecule has 3 rings (SSSR count). The lowest BCUT2D eigenvalue weighted by Gasteiger charge is -2.11. The first-order chi connectivity index (χ1) is 12.3. The third-order valence-corrected chi connectivity index (χ3v) is 3.80. The van der Waals surface area contributed by atoms with Gasteiger partial charge in [0, 0.05) is 18.4 Å². The maximum Gasteiger partial charge on any atom is 0.257 e. The van der Waals surface area contributed by atoms with Crippen LogP contribution in [0, 0.1) is 0 Å². The first kappa shape index (κ1) is 16.6. The fourth-order valence-corrected chi connectivity index (χ4v) is 2.47. The van der Waals surface area contributed by atoms with Gasteiger partial charge in [-0.1, -0.05) is 42.5 Å². The van der Waals surface area contributed by atoms with Crippen LogP contribution in [0.15, 0.2) is 78.9 Å². The van der Waals surface area contributed by atoms with Crippen molar-refractivity contribution in [3.05, 3.63) is 90.0 Å². The van der Waals surface area contributed by atoms with Crippen molar-refractivity contribution in [2.75, 3.05) is 17.7 Å². The Labute approximate surface area is 147 Å². The molecule has 0 spiro atoms. The van der Waals surface area contributed by atoms with Crippen LogP contribution < -0.4 is 15.4 Å². The summed E-state index contributed by atoms with van der Waals surface area (Å²) in [7, 11) is 1.80. The predicted octanol–water partition coefficient (Wildman–Crippen LogP) is 4.56. The molecule has 3 aromatic rings. The Morgan fingerprint density at radius 3 is 2.28 bits per heavy atom. The highest BCUT2D eigenvalue weighted by atomic mass is 16.5. The van der Waals surface area contributed by atoms with Crippen molar-refractivity contribution < 1.29 is 9.53 Å². The van der Waals surface area contributed by atoms with Gasteiger partial charge in [-0.15, -0.1) is 0 Å². The van der Waals surface area contributed by atoms with Gasteiger partial charge in [-0.2, -0.15) is 0 Å². The van der Waals surface area contributed by atoms with Gasteiger partial charge >= 0.3 is 0 Å². The summed E-state index contributed by atoms with van der Waals surface area (Å²) in [5, 5.41) is 5.92. The fraction of sp³-hybridized carbons (Fsp3) is 0.0952. The molecule has 0 aliphatic carbocycles. The number of hydrogen-bond donors (Lipinski definition) is 2. The zero-order chi connectivity index (χ0) is 17.5. The second-order valence-electron chi connectivity index (χ2n) is 5.55. The number of hydrogen-bond acceptors (Lipinski definition) is 3. The Balaban J connectivity index is 1.61. The van der Waals surface area contributed by atoms with Gasteiger partial charge in [-0.25, -0.2) is 0 Å². The van der Waals surface area contributed by atoms with Crippen molar-refractivity contribution in [2.45, 2.75) is 6.61 Å². The van der Waals surface area contributed by atoms with E-state index in [1.165, 1.54) is 0 Å². The molecule has 25 heavy (non-hydrogen) atoms. The maximum atomic E-state index is 12.4. The molecule has 4 nitrogen and oxygen atoms in total. The zero-order valence-electron chi connectivity index (χ0n) is 14.0. The lowest BCUT2D eigenvalue weighted by Crippen LogP contribution is -2.13. The Bertz CT molecular complexity index is 830. The van der Waals surface area contributed by atoms with Gasteiger partial charge in [0.25, 0.3) is 5.91 Å². The average molecular weight is 332 g/mol. The number of carbonyl (C=O) groups is 1. The summed E-state index contributed by atoms with van der Waals surface area (Å²) in [6, 6.07) is 24.8. The molecule has 0 heterocycles. The number of para-hydroxylation sites is 1. The molecular weight excluding hydrogens is 312 g/mol. The highest BCUT2D eigenvalue weighted by molar-refractivity contribution is 6.08. The van der Waals surface area contributed by atoms with Crippen LogP contribution in [0.5, 0.6) is 5.75 Å². The van der Waals surface area contributed by atoms with E-state index in [2.05, 4.69) is 10.6 Å². The Morgan fingerprint density at radius 1 is 0.880 bits per heavy atom. The van der Waals surface area contributed by atoms with Gasteiger partial charge in [0.15, 0.2) is 0 Å². The molecule has 126 valence electrons. The van der Waals surface area contributed by atoms with Crippen LogP contribution in [0.25, 0.3) is 0 Å². The molecule has 0 saturated carbocycles.